The lowest BCUT2D eigenvalue weighted by molar-refractivity contribution is -0.146. The van der Waals surface area contributed by atoms with Gasteiger partial charge < -0.3 is 15.5 Å². The Morgan fingerprint density at radius 2 is 2.17 bits per heavy atom. The predicted molar refractivity (Wildman–Crippen MR) is 66.5 cm³/mol. The lowest BCUT2D eigenvalue weighted by Crippen LogP contribution is -2.34. The number of esters is 1. The van der Waals surface area contributed by atoms with E-state index in [-0.39, 0.29) is 6.61 Å². The molecule has 2 aromatic rings. The molecule has 18 heavy (non-hydrogen) atoms. The maximum atomic E-state index is 11.7. The van der Waals surface area contributed by atoms with Crippen molar-refractivity contribution in [2.45, 2.75) is 19.1 Å². The number of nitrogens with zero attached hydrogens (tertiary/aromatic N) is 1. The number of benzene rings is 1. The standard InChI is InChI=1S/C13H15N3O2/c14-12(6-11-7-15-9-16-11)13(17)18-8-10-4-2-1-3-5-10/h1-5,7,9,12H,6,8,14H2,(H,15,16)/t12-/m0/s1. The molecule has 1 heterocycles. The van der Waals surface area contributed by atoms with Gasteiger partial charge in [-0.15, -0.1) is 0 Å². The van der Waals surface area contributed by atoms with Crippen LogP contribution in [0, 0.1) is 0 Å². The van der Waals surface area contributed by atoms with Crippen molar-refractivity contribution in [1.82, 2.24) is 9.97 Å². The third kappa shape index (κ3) is 3.43. The van der Waals surface area contributed by atoms with E-state index in [4.69, 9.17) is 10.5 Å². The molecule has 0 amide bonds. The number of hydrogen-bond donors (Lipinski definition) is 2. The number of H-pyrrole nitrogens is 1. The van der Waals surface area contributed by atoms with Crippen LogP contribution in [0.5, 0.6) is 0 Å². The molecule has 3 N–H and O–H groups in total. The van der Waals surface area contributed by atoms with Crippen LogP contribution < -0.4 is 5.73 Å². The summed E-state index contributed by atoms with van der Waals surface area (Å²) in [5.41, 5.74) is 7.51. The largest absolute Gasteiger partial charge is 0.460 e. The number of imidazole rings is 1. The molecule has 1 aromatic heterocycles. The minimum atomic E-state index is -0.672. The smallest absolute Gasteiger partial charge is 0.323 e. The highest BCUT2D eigenvalue weighted by molar-refractivity contribution is 5.75. The highest BCUT2D eigenvalue weighted by Gasteiger charge is 2.16. The Balaban J connectivity index is 1.81. The lowest BCUT2D eigenvalue weighted by atomic mass is 10.2. The van der Waals surface area contributed by atoms with Gasteiger partial charge >= 0.3 is 5.97 Å². The zero-order valence-electron chi connectivity index (χ0n) is 9.87. The Morgan fingerprint density at radius 1 is 1.39 bits per heavy atom. The molecule has 0 fully saturated rings. The maximum Gasteiger partial charge on any atom is 0.323 e. The summed E-state index contributed by atoms with van der Waals surface area (Å²) in [6, 6.07) is 8.83. The van der Waals surface area contributed by atoms with Crippen molar-refractivity contribution < 1.29 is 9.53 Å². The lowest BCUT2D eigenvalue weighted by Gasteiger charge is -2.10. The van der Waals surface area contributed by atoms with Crippen LogP contribution >= 0.6 is 0 Å². The van der Waals surface area contributed by atoms with Gasteiger partial charge in [0.1, 0.15) is 12.6 Å². The molecule has 0 aliphatic rings. The Morgan fingerprint density at radius 3 is 2.83 bits per heavy atom. The zero-order valence-corrected chi connectivity index (χ0v) is 9.87. The second-order valence-corrected chi connectivity index (χ2v) is 3.98. The first-order valence-electron chi connectivity index (χ1n) is 5.69. The molecule has 1 atom stereocenters. The van der Waals surface area contributed by atoms with E-state index in [2.05, 4.69) is 9.97 Å². The molecular formula is C13H15N3O2. The van der Waals surface area contributed by atoms with Crippen LogP contribution in [0.1, 0.15) is 11.3 Å². The molecule has 94 valence electrons. The van der Waals surface area contributed by atoms with Gasteiger partial charge in [0.05, 0.1) is 6.33 Å². The van der Waals surface area contributed by atoms with Gasteiger partial charge in [-0.3, -0.25) is 4.79 Å². The number of hydrogen-bond acceptors (Lipinski definition) is 4. The molecule has 5 heteroatoms. The van der Waals surface area contributed by atoms with E-state index < -0.39 is 12.0 Å². The van der Waals surface area contributed by atoms with E-state index >= 15 is 0 Å². The second-order valence-electron chi connectivity index (χ2n) is 3.98. The maximum absolute atomic E-state index is 11.7. The summed E-state index contributed by atoms with van der Waals surface area (Å²) in [7, 11) is 0. The van der Waals surface area contributed by atoms with Crippen LogP contribution in [0.25, 0.3) is 0 Å². The van der Waals surface area contributed by atoms with E-state index in [0.717, 1.165) is 11.3 Å². The first kappa shape index (κ1) is 12.3. The monoisotopic (exact) mass is 245 g/mol. The Bertz CT molecular complexity index is 482. The van der Waals surface area contributed by atoms with Gasteiger partial charge in [-0.2, -0.15) is 0 Å². The minimum Gasteiger partial charge on any atom is -0.460 e. The predicted octanol–water partition coefficient (Wildman–Crippen LogP) is 1.02. The number of ether oxygens (including phenoxy) is 1. The topological polar surface area (TPSA) is 81.0 Å². The molecule has 2 rings (SSSR count). The first-order valence-corrected chi connectivity index (χ1v) is 5.69. The van der Waals surface area contributed by atoms with E-state index in [1.54, 1.807) is 12.5 Å². The summed E-state index contributed by atoms with van der Waals surface area (Å²) in [6.45, 7) is 0.246. The van der Waals surface area contributed by atoms with Crippen molar-refractivity contribution in [2.24, 2.45) is 5.73 Å². The summed E-state index contributed by atoms with van der Waals surface area (Å²) in [6.07, 6.45) is 3.59. The summed E-state index contributed by atoms with van der Waals surface area (Å²) in [5.74, 6) is -0.409. The summed E-state index contributed by atoms with van der Waals surface area (Å²) >= 11 is 0. The second kappa shape index (κ2) is 5.97. The van der Waals surface area contributed by atoms with Gasteiger partial charge in [0, 0.05) is 18.3 Å². The van der Waals surface area contributed by atoms with Crippen molar-refractivity contribution >= 4 is 5.97 Å². The fourth-order valence-electron chi connectivity index (χ4n) is 1.55. The molecule has 0 aliphatic heterocycles. The van der Waals surface area contributed by atoms with Gasteiger partial charge in [-0.1, -0.05) is 30.3 Å². The molecular weight excluding hydrogens is 230 g/mol. The van der Waals surface area contributed by atoms with Gasteiger partial charge in [0.25, 0.3) is 0 Å². The van der Waals surface area contributed by atoms with Crippen LogP contribution in [-0.2, 0) is 22.6 Å². The quantitative estimate of drug-likeness (QED) is 0.771. The first-order chi connectivity index (χ1) is 8.75. The van der Waals surface area contributed by atoms with Gasteiger partial charge in [0.15, 0.2) is 0 Å². The van der Waals surface area contributed by atoms with E-state index in [1.165, 1.54) is 0 Å². The van der Waals surface area contributed by atoms with E-state index in [0.29, 0.717) is 6.42 Å². The minimum absolute atomic E-state index is 0.246. The van der Waals surface area contributed by atoms with Crippen molar-refractivity contribution in [3.8, 4) is 0 Å². The average molecular weight is 245 g/mol. The Hall–Kier alpha value is -2.14. The zero-order chi connectivity index (χ0) is 12.8. The number of aromatic nitrogens is 2. The fraction of sp³-hybridized carbons (Fsp3) is 0.231. The molecule has 0 spiro atoms. The fourth-order valence-corrected chi connectivity index (χ4v) is 1.55. The van der Waals surface area contributed by atoms with Crippen LogP contribution in [0.15, 0.2) is 42.9 Å². The van der Waals surface area contributed by atoms with E-state index in [1.807, 2.05) is 30.3 Å². The number of carbonyl (C=O) groups excluding carboxylic acids is 1. The number of carbonyl (C=O) groups is 1. The van der Waals surface area contributed by atoms with E-state index in [9.17, 15) is 4.79 Å². The average Bonchev–Trinajstić information content (AvgIpc) is 2.90. The van der Waals surface area contributed by atoms with Crippen molar-refractivity contribution in [3.05, 3.63) is 54.1 Å². The number of nitrogens with one attached hydrogen (secondary N) is 1. The molecule has 0 radical (unpaired) electrons. The van der Waals surface area contributed by atoms with Crippen molar-refractivity contribution in [1.29, 1.82) is 0 Å². The molecule has 0 bridgehead atoms. The molecule has 1 aromatic carbocycles. The van der Waals surface area contributed by atoms with Gasteiger partial charge in [0.2, 0.25) is 0 Å². The summed E-state index contributed by atoms with van der Waals surface area (Å²) < 4.78 is 5.14. The molecule has 0 unspecified atom stereocenters. The third-order valence-electron chi connectivity index (χ3n) is 2.52. The number of rotatable bonds is 5. The van der Waals surface area contributed by atoms with Crippen LogP contribution in [0.3, 0.4) is 0 Å². The summed E-state index contributed by atoms with van der Waals surface area (Å²) in [4.78, 5) is 18.4. The molecule has 0 aliphatic carbocycles. The number of aromatic amines is 1. The number of nitrogens with two attached hydrogens (primary N) is 1. The highest BCUT2D eigenvalue weighted by Crippen LogP contribution is 2.03. The highest BCUT2D eigenvalue weighted by atomic mass is 16.5. The van der Waals surface area contributed by atoms with Crippen molar-refractivity contribution in [3.63, 3.8) is 0 Å². The molecule has 5 nitrogen and oxygen atoms in total. The SMILES string of the molecule is N[C@@H](Cc1cnc[nH]1)C(=O)OCc1ccccc1. The van der Waals surface area contributed by atoms with Gasteiger partial charge in [-0.25, -0.2) is 4.98 Å². The summed E-state index contributed by atoms with van der Waals surface area (Å²) in [5, 5.41) is 0. The Kier molecular flexibility index (Phi) is 4.09. The van der Waals surface area contributed by atoms with Crippen LogP contribution in [0.4, 0.5) is 0 Å². The third-order valence-corrected chi connectivity index (χ3v) is 2.52. The van der Waals surface area contributed by atoms with Crippen LogP contribution in [0.2, 0.25) is 0 Å². The van der Waals surface area contributed by atoms with Crippen LogP contribution in [-0.4, -0.2) is 22.0 Å². The normalized spacial score (nSPS) is 12.1. The molecule has 0 saturated heterocycles. The van der Waals surface area contributed by atoms with Gasteiger partial charge in [-0.05, 0) is 5.56 Å². The Labute approximate surface area is 105 Å². The van der Waals surface area contributed by atoms with Crippen molar-refractivity contribution in [2.75, 3.05) is 0 Å². The molecule has 0 saturated carbocycles.